The van der Waals surface area contributed by atoms with Gasteiger partial charge in [-0.25, -0.2) is 0 Å². The first-order chi connectivity index (χ1) is 11.8. The van der Waals surface area contributed by atoms with Gasteiger partial charge in [-0.1, -0.05) is 45.7 Å². The molecule has 0 fully saturated rings. The summed E-state index contributed by atoms with van der Waals surface area (Å²) in [6, 6.07) is 11.9. The first-order valence-corrected chi connectivity index (χ1v) is 9.47. The van der Waals surface area contributed by atoms with Crippen molar-refractivity contribution in [3.05, 3.63) is 62.6 Å². The Morgan fingerprint density at radius 1 is 1.24 bits per heavy atom. The molecule has 3 nitrogen and oxygen atoms in total. The van der Waals surface area contributed by atoms with E-state index in [1.165, 1.54) is 5.56 Å². The lowest BCUT2D eigenvalue weighted by atomic mass is 10.1. The van der Waals surface area contributed by atoms with Crippen molar-refractivity contribution in [2.45, 2.75) is 33.2 Å². The van der Waals surface area contributed by atoms with Crippen molar-refractivity contribution in [2.75, 3.05) is 18.9 Å². The van der Waals surface area contributed by atoms with Crippen LogP contribution in [-0.4, -0.2) is 30.4 Å². The Morgan fingerprint density at radius 2 is 1.88 bits per heavy atom. The molecule has 0 aliphatic rings. The second-order valence-electron chi connectivity index (χ2n) is 6.46. The van der Waals surface area contributed by atoms with Gasteiger partial charge in [0.05, 0.1) is 16.8 Å². The molecule has 0 aromatic heterocycles. The van der Waals surface area contributed by atoms with Crippen LogP contribution in [0.1, 0.15) is 23.6 Å². The van der Waals surface area contributed by atoms with Gasteiger partial charge in [-0.15, -0.1) is 0 Å². The lowest BCUT2D eigenvalue weighted by Crippen LogP contribution is -2.40. The highest BCUT2D eigenvalue weighted by Crippen LogP contribution is 2.27. The van der Waals surface area contributed by atoms with Crippen LogP contribution in [0.4, 0.5) is 5.69 Å². The van der Waals surface area contributed by atoms with E-state index < -0.39 is 0 Å². The van der Waals surface area contributed by atoms with Gasteiger partial charge < -0.3 is 5.32 Å². The van der Waals surface area contributed by atoms with E-state index >= 15 is 0 Å². The molecular formula is C20H24BrClN2O. The Morgan fingerprint density at radius 3 is 2.48 bits per heavy atom. The highest BCUT2D eigenvalue weighted by atomic mass is 79.9. The van der Waals surface area contributed by atoms with Gasteiger partial charge in [-0.3, -0.25) is 9.69 Å². The van der Waals surface area contributed by atoms with E-state index in [1.807, 2.05) is 52.1 Å². The number of halogens is 2. The fourth-order valence-electron chi connectivity index (χ4n) is 2.65. The summed E-state index contributed by atoms with van der Waals surface area (Å²) in [4.78, 5) is 14.6. The van der Waals surface area contributed by atoms with Crippen LogP contribution in [0.15, 0.2) is 40.9 Å². The summed E-state index contributed by atoms with van der Waals surface area (Å²) in [5.74, 6) is -0.0489. The fourth-order valence-corrected chi connectivity index (χ4v) is 3.28. The molecule has 134 valence electrons. The minimum atomic E-state index is -0.243. The molecule has 1 unspecified atom stereocenters. The van der Waals surface area contributed by atoms with Crippen molar-refractivity contribution in [1.82, 2.24) is 4.90 Å². The molecule has 0 spiro atoms. The fraction of sp³-hybridized carbons (Fsp3) is 0.350. The third-order valence-corrected chi connectivity index (χ3v) is 5.21. The highest BCUT2D eigenvalue weighted by molar-refractivity contribution is 9.10. The standard InChI is InChI=1S/C20H24BrClN2O/c1-13-11-14(2)19(18(22)12-13)23-20(25)15(3)24(4)10-9-16-5-7-17(21)8-6-16/h5-8,11-12,15H,9-10H2,1-4H3,(H,23,25). The van der Waals surface area contributed by atoms with Crippen LogP contribution in [0.2, 0.25) is 5.02 Å². The second kappa shape index (κ2) is 8.84. The van der Waals surface area contributed by atoms with Crippen LogP contribution in [-0.2, 0) is 11.2 Å². The number of aryl methyl sites for hydroxylation is 2. The van der Waals surface area contributed by atoms with Gasteiger partial charge in [0, 0.05) is 11.0 Å². The van der Waals surface area contributed by atoms with Crippen molar-refractivity contribution in [3.63, 3.8) is 0 Å². The summed E-state index contributed by atoms with van der Waals surface area (Å²) in [7, 11) is 1.96. The zero-order chi connectivity index (χ0) is 18.6. The molecular weight excluding hydrogens is 400 g/mol. The van der Waals surface area contributed by atoms with Crippen LogP contribution in [0.3, 0.4) is 0 Å². The van der Waals surface area contributed by atoms with Gasteiger partial charge in [-0.05, 0) is 69.1 Å². The summed E-state index contributed by atoms with van der Waals surface area (Å²) in [6.07, 6.45) is 0.895. The number of carbonyl (C=O) groups excluding carboxylic acids is 1. The SMILES string of the molecule is Cc1cc(C)c(NC(=O)C(C)N(C)CCc2ccc(Br)cc2)c(Cl)c1. The number of benzene rings is 2. The van der Waals surface area contributed by atoms with Crippen molar-refractivity contribution >= 4 is 39.1 Å². The molecule has 25 heavy (non-hydrogen) atoms. The average molecular weight is 424 g/mol. The summed E-state index contributed by atoms with van der Waals surface area (Å²) in [5, 5.41) is 3.55. The smallest absolute Gasteiger partial charge is 0.241 e. The Labute approximate surface area is 163 Å². The maximum absolute atomic E-state index is 12.6. The molecule has 0 aliphatic carbocycles. The Hall–Kier alpha value is -1.36. The molecule has 0 aliphatic heterocycles. The molecule has 0 saturated heterocycles. The van der Waals surface area contributed by atoms with Gasteiger partial charge in [0.1, 0.15) is 0 Å². The van der Waals surface area contributed by atoms with Crippen molar-refractivity contribution in [1.29, 1.82) is 0 Å². The van der Waals surface area contributed by atoms with Crippen LogP contribution in [0.25, 0.3) is 0 Å². The van der Waals surface area contributed by atoms with Gasteiger partial charge in [0.25, 0.3) is 0 Å². The number of carbonyl (C=O) groups is 1. The predicted octanol–water partition coefficient (Wildman–Crippen LogP) is 5.22. The lowest BCUT2D eigenvalue weighted by Gasteiger charge is -2.24. The average Bonchev–Trinajstić information content (AvgIpc) is 2.56. The second-order valence-corrected chi connectivity index (χ2v) is 7.78. The first-order valence-electron chi connectivity index (χ1n) is 8.30. The minimum Gasteiger partial charge on any atom is -0.323 e. The number of hydrogen-bond acceptors (Lipinski definition) is 2. The molecule has 0 radical (unpaired) electrons. The number of likely N-dealkylation sites (N-methyl/N-ethyl adjacent to an activating group) is 1. The number of hydrogen-bond donors (Lipinski definition) is 1. The minimum absolute atomic E-state index is 0.0489. The molecule has 5 heteroatoms. The summed E-state index contributed by atoms with van der Waals surface area (Å²) in [6.45, 7) is 6.66. The van der Waals surface area contributed by atoms with Crippen LogP contribution in [0.5, 0.6) is 0 Å². The van der Waals surface area contributed by atoms with E-state index in [-0.39, 0.29) is 11.9 Å². The number of anilines is 1. The molecule has 1 N–H and O–H groups in total. The maximum Gasteiger partial charge on any atom is 0.241 e. The number of nitrogens with one attached hydrogen (secondary N) is 1. The zero-order valence-electron chi connectivity index (χ0n) is 15.1. The molecule has 2 aromatic rings. The third kappa shape index (κ3) is 5.56. The monoisotopic (exact) mass is 422 g/mol. The van der Waals surface area contributed by atoms with Crippen molar-refractivity contribution in [2.24, 2.45) is 0 Å². The van der Waals surface area contributed by atoms with E-state index in [9.17, 15) is 4.79 Å². The molecule has 1 atom stereocenters. The molecule has 1 amide bonds. The molecule has 2 aromatic carbocycles. The van der Waals surface area contributed by atoms with Gasteiger partial charge >= 0.3 is 0 Å². The Bertz CT molecular complexity index is 723. The number of amides is 1. The largest absolute Gasteiger partial charge is 0.323 e. The normalized spacial score (nSPS) is 12.3. The van der Waals surface area contributed by atoms with Crippen molar-refractivity contribution in [3.8, 4) is 0 Å². The topological polar surface area (TPSA) is 32.3 Å². The number of nitrogens with zero attached hydrogens (tertiary/aromatic N) is 1. The van der Waals surface area contributed by atoms with E-state index in [1.54, 1.807) is 0 Å². The van der Waals surface area contributed by atoms with E-state index in [4.69, 9.17) is 11.6 Å². The van der Waals surface area contributed by atoms with Crippen LogP contribution < -0.4 is 5.32 Å². The molecule has 0 heterocycles. The maximum atomic E-state index is 12.6. The molecule has 0 saturated carbocycles. The van der Waals surface area contributed by atoms with Crippen LogP contribution in [0, 0.1) is 13.8 Å². The summed E-state index contributed by atoms with van der Waals surface area (Å²) in [5.41, 5.74) is 4.01. The third-order valence-electron chi connectivity index (χ3n) is 4.39. The first kappa shape index (κ1) is 20.0. The van der Waals surface area contributed by atoms with Crippen molar-refractivity contribution < 1.29 is 4.79 Å². The van der Waals surface area contributed by atoms with Gasteiger partial charge in [0.15, 0.2) is 0 Å². The van der Waals surface area contributed by atoms with E-state index in [0.717, 1.165) is 28.6 Å². The highest BCUT2D eigenvalue weighted by Gasteiger charge is 2.19. The summed E-state index contributed by atoms with van der Waals surface area (Å²) < 4.78 is 1.07. The quantitative estimate of drug-likeness (QED) is 0.691. The number of rotatable bonds is 6. The molecule has 0 bridgehead atoms. The molecule has 2 rings (SSSR count). The summed E-state index contributed by atoms with van der Waals surface area (Å²) >= 11 is 9.73. The Balaban J connectivity index is 1.96. The zero-order valence-corrected chi connectivity index (χ0v) is 17.4. The predicted molar refractivity (Wildman–Crippen MR) is 109 cm³/mol. The van der Waals surface area contributed by atoms with Gasteiger partial charge in [0.2, 0.25) is 5.91 Å². The van der Waals surface area contributed by atoms with Crippen LogP contribution >= 0.6 is 27.5 Å². The Kier molecular flexibility index (Phi) is 7.05. The van der Waals surface area contributed by atoms with Gasteiger partial charge in [-0.2, -0.15) is 0 Å². The van der Waals surface area contributed by atoms with E-state index in [2.05, 4.69) is 38.3 Å². The van der Waals surface area contributed by atoms with E-state index in [0.29, 0.717) is 10.7 Å². The lowest BCUT2D eigenvalue weighted by molar-refractivity contribution is -0.120.